The third-order valence-electron chi connectivity index (χ3n) is 3.29. The van der Waals surface area contributed by atoms with Gasteiger partial charge in [-0.3, -0.25) is 0 Å². The smallest absolute Gasteiger partial charge is 0.341 e. The molecule has 0 saturated carbocycles. The number of carbonyl (C=O) groups is 1. The second-order valence-corrected chi connectivity index (χ2v) is 4.91. The molecule has 118 valence electrons. The van der Waals surface area contributed by atoms with Gasteiger partial charge in [0.1, 0.15) is 17.2 Å². The van der Waals surface area contributed by atoms with Gasteiger partial charge in [-0.25, -0.2) is 23.7 Å². The van der Waals surface area contributed by atoms with Crippen LogP contribution in [0.25, 0.3) is 5.65 Å². The van der Waals surface area contributed by atoms with Crippen LogP contribution in [0.3, 0.4) is 0 Å². The Hall–Kier alpha value is -3.23. The van der Waals surface area contributed by atoms with Crippen molar-refractivity contribution in [2.45, 2.75) is 6.54 Å². The van der Waals surface area contributed by atoms with Crippen molar-refractivity contribution in [2.75, 3.05) is 11.9 Å². The van der Waals surface area contributed by atoms with E-state index in [4.69, 9.17) is 5.11 Å². The molecule has 2 N–H and O–H groups in total. The molecular weight excluding hydrogens is 305 g/mol. The normalized spacial score (nSPS) is 10.9. The van der Waals surface area contributed by atoms with Crippen molar-refractivity contribution in [2.24, 2.45) is 0 Å². The van der Waals surface area contributed by atoms with Crippen molar-refractivity contribution in [1.82, 2.24) is 19.6 Å². The van der Waals surface area contributed by atoms with E-state index in [1.165, 1.54) is 16.8 Å². The Morgan fingerprint density at radius 1 is 1.43 bits per heavy atom. The lowest BCUT2D eigenvalue weighted by molar-refractivity contribution is 0.0698. The van der Waals surface area contributed by atoms with E-state index in [0.717, 1.165) is 6.20 Å². The highest BCUT2D eigenvalue weighted by molar-refractivity contribution is 5.94. The van der Waals surface area contributed by atoms with E-state index in [9.17, 15) is 14.3 Å². The number of rotatable bonds is 4. The van der Waals surface area contributed by atoms with Crippen LogP contribution in [0.4, 0.5) is 10.2 Å². The van der Waals surface area contributed by atoms with Crippen LogP contribution >= 0.6 is 0 Å². The number of hydrogen-bond acceptors (Lipinski definition) is 6. The van der Waals surface area contributed by atoms with Crippen LogP contribution in [0.2, 0.25) is 0 Å². The molecule has 23 heavy (non-hydrogen) atoms. The van der Waals surface area contributed by atoms with Gasteiger partial charge in [-0.1, -0.05) is 0 Å². The van der Waals surface area contributed by atoms with Gasteiger partial charge in [0.25, 0.3) is 0 Å². The molecule has 0 radical (unpaired) electrons. The number of pyridine rings is 1. The van der Waals surface area contributed by atoms with Crippen LogP contribution in [0.5, 0.6) is 5.88 Å². The van der Waals surface area contributed by atoms with E-state index in [0.29, 0.717) is 11.4 Å². The lowest BCUT2D eigenvalue weighted by atomic mass is 10.2. The Balaban J connectivity index is 1.94. The number of fused-ring (bicyclic) bond motifs is 1. The molecule has 3 heterocycles. The average Bonchev–Trinajstić information content (AvgIpc) is 2.94. The Bertz CT molecular complexity index is 895. The summed E-state index contributed by atoms with van der Waals surface area (Å²) in [4.78, 5) is 20.6. The number of nitrogens with zero attached hydrogens (tertiary/aromatic N) is 5. The molecule has 3 aromatic rings. The van der Waals surface area contributed by atoms with Crippen molar-refractivity contribution in [3.8, 4) is 5.88 Å². The largest absolute Gasteiger partial charge is 0.493 e. The van der Waals surface area contributed by atoms with Crippen LogP contribution < -0.4 is 4.90 Å². The Labute approximate surface area is 129 Å². The summed E-state index contributed by atoms with van der Waals surface area (Å²) in [5.74, 6) is -1.50. The van der Waals surface area contributed by atoms with Crippen LogP contribution in [0.1, 0.15) is 15.9 Å². The lowest BCUT2D eigenvalue weighted by Crippen LogP contribution is -2.18. The van der Waals surface area contributed by atoms with Gasteiger partial charge in [-0.15, -0.1) is 0 Å². The van der Waals surface area contributed by atoms with E-state index in [2.05, 4.69) is 15.1 Å². The van der Waals surface area contributed by atoms with E-state index in [1.807, 2.05) is 0 Å². The molecule has 8 nitrogen and oxygen atoms in total. The van der Waals surface area contributed by atoms with Gasteiger partial charge in [0, 0.05) is 25.4 Å². The molecule has 0 atom stereocenters. The Morgan fingerprint density at radius 3 is 2.96 bits per heavy atom. The number of aromatic nitrogens is 4. The molecule has 0 spiro atoms. The summed E-state index contributed by atoms with van der Waals surface area (Å²) in [5, 5.41) is 22.7. The number of aromatic carboxylic acids is 1. The van der Waals surface area contributed by atoms with E-state index in [1.54, 1.807) is 24.2 Å². The van der Waals surface area contributed by atoms with E-state index in [-0.39, 0.29) is 23.6 Å². The molecule has 0 aliphatic heterocycles. The highest BCUT2D eigenvalue weighted by Crippen LogP contribution is 2.20. The minimum Gasteiger partial charge on any atom is -0.493 e. The van der Waals surface area contributed by atoms with Gasteiger partial charge in [0.15, 0.2) is 5.65 Å². The summed E-state index contributed by atoms with van der Waals surface area (Å²) in [6.45, 7) is 0.149. The minimum absolute atomic E-state index is 0.0180. The maximum absolute atomic E-state index is 13.2. The molecule has 3 rings (SSSR count). The molecule has 0 aromatic carbocycles. The maximum atomic E-state index is 13.2. The third-order valence-corrected chi connectivity index (χ3v) is 3.29. The van der Waals surface area contributed by atoms with Crippen molar-refractivity contribution in [1.29, 1.82) is 0 Å². The molecule has 0 aliphatic rings. The van der Waals surface area contributed by atoms with Gasteiger partial charge in [-0.2, -0.15) is 5.10 Å². The van der Waals surface area contributed by atoms with Gasteiger partial charge in [0.05, 0.1) is 12.4 Å². The fourth-order valence-electron chi connectivity index (χ4n) is 2.15. The monoisotopic (exact) mass is 317 g/mol. The first-order valence-corrected chi connectivity index (χ1v) is 6.58. The first kappa shape index (κ1) is 14.7. The van der Waals surface area contributed by atoms with Crippen LogP contribution in [-0.4, -0.2) is 42.8 Å². The quantitative estimate of drug-likeness (QED) is 0.747. The number of anilines is 1. The van der Waals surface area contributed by atoms with Gasteiger partial charge in [0.2, 0.25) is 5.88 Å². The minimum atomic E-state index is -1.13. The molecule has 0 bridgehead atoms. The SMILES string of the molecule is CN(Cc1cc(F)cnc1O)c1ccn2ncc(C(=O)O)c2n1. The summed E-state index contributed by atoms with van der Waals surface area (Å²) in [6.07, 6.45) is 3.72. The molecule has 3 aromatic heterocycles. The number of halogens is 1. The van der Waals surface area contributed by atoms with Crippen LogP contribution in [0, 0.1) is 5.82 Å². The molecule has 0 aliphatic carbocycles. The number of hydrogen-bond donors (Lipinski definition) is 2. The standard InChI is InChI=1S/C14H12FN5O3/c1-19(7-8-4-9(15)5-16-13(8)21)11-2-3-20-12(18-11)10(6-17-20)14(22)23/h2-6H,7H2,1H3,(H,16,21)(H,22,23). The second-order valence-electron chi connectivity index (χ2n) is 4.91. The summed E-state index contributed by atoms with van der Waals surface area (Å²) in [5.41, 5.74) is 0.472. The highest BCUT2D eigenvalue weighted by atomic mass is 19.1. The van der Waals surface area contributed by atoms with Gasteiger partial charge in [-0.05, 0) is 12.1 Å². The number of aromatic hydroxyl groups is 1. The van der Waals surface area contributed by atoms with Crippen molar-refractivity contribution in [3.05, 3.63) is 47.7 Å². The average molecular weight is 317 g/mol. The summed E-state index contributed by atoms with van der Waals surface area (Å²) in [7, 11) is 1.68. The second kappa shape index (κ2) is 5.52. The van der Waals surface area contributed by atoms with Gasteiger partial charge >= 0.3 is 5.97 Å². The van der Waals surface area contributed by atoms with Crippen LogP contribution in [-0.2, 0) is 6.54 Å². The maximum Gasteiger partial charge on any atom is 0.341 e. The summed E-state index contributed by atoms with van der Waals surface area (Å²) < 4.78 is 14.6. The van der Waals surface area contributed by atoms with Crippen LogP contribution in [0.15, 0.2) is 30.7 Å². The zero-order valence-electron chi connectivity index (χ0n) is 12.0. The number of carboxylic acid groups (broad SMARTS) is 1. The summed E-state index contributed by atoms with van der Waals surface area (Å²) in [6, 6.07) is 2.81. The fraction of sp³-hybridized carbons (Fsp3) is 0.143. The lowest BCUT2D eigenvalue weighted by Gasteiger charge is -2.18. The number of carboxylic acids is 1. The molecule has 0 unspecified atom stereocenters. The van der Waals surface area contributed by atoms with Crippen molar-refractivity contribution < 1.29 is 19.4 Å². The Kier molecular flexibility index (Phi) is 3.53. The zero-order chi connectivity index (χ0) is 16.6. The van der Waals surface area contributed by atoms with Crippen molar-refractivity contribution in [3.63, 3.8) is 0 Å². The van der Waals surface area contributed by atoms with Gasteiger partial charge < -0.3 is 15.1 Å². The Morgan fingerprint density at radius 2 is 2.22 bits per heavy atom. The molecular formula is C14H12FN5O3. The predicted molar refractivity (Wildman–Crippen MR) is 77.9 cm³/mol. The first-order valence-electron chi connectivity index (χ1n) is 6.58. The highest BCUT2D eigenvalue weighted by Gasteiger charge is 2.15. The van der Waals surface area contributed by atoms with E-state index < -0.39 is 11.8 Å². The van der Waals surface area contributed by atoms with Crippen molar-refractivity contribution >= 4 is 17.4 Å². The van der Waals surface area contributed by atoms with E-state index >= 15 is 0 Å². The first-order chi connectivity index (χ1) is 11.0. The fourth-order valence-corrected chi connectivity index (χ4v) is 2.15. The molecule has 0 amide bonds. The molecule has 0 saturated heterocycles. The molecule has 0 fully saturated rings. The zero-order valence-corrected chi connectivity index (χ0v) is 12.0. The summed E-state index contributed by atoms with van der Waals surface area (Å²) >= 11 is 0. The topological polar surface area (TPSA) is 104 Å². The predicted octanol–water partition coefficient (Wildman–Crippen LogP) is 1.30. The molecule has 9 heteroatoms. The third kappa shape index (κ3) is 2.76.